The maximum absolute atomic E-state index is 13.2. The Morgan fingerprint density at radius 2 is 2.28 bits per heavy atom. The summed E-state index contributed by atoms with van der Waals surface area (Å²) in [5.41, 5.74) is 6.91. The summed E-state index contributed by atoms with van der Waals surface area (Å²) in [5, 5.41) is 0. The van der Waals surface area contributed by atoms with Crippen LogP contribution in [-0.4, -0.2) is 29.9 Å². The van der Waals surface area contributed by atoms with Gasteiger partial charge in [0.25, 0.3) is 5.91 Å². The Labute approximate surface area is 107 Å². The van der Waals surface area contributed by atoms with Crippen LogP contribution in [0.3, 0.4) is 0 Å². The van der Waals surface area contributed by atoms with E-state index in [1.165, 1.54) is 6.07 Å². The lowest BCUT2D eigenvalue weighted by Gasteiger charge is -2.18. The number of carbonyl (C=O) groups is 1. The molecule has 2 unspecified atom stereocenters. The third-order valence-corrected chi connectivity index (χ3v) is 3.66. The van der Waals surface area contributed by atoms with Crippen LogP contribution in [0.25, 0.3) is 0 Å². The minimum atomic E-state index is -0.276. The molecule has 4 heteroatoms. The maximum atomic E-state index is 13.2. The lowest BCUT2D eigenvalue weighted by Crippen LogP contribution is -2.33. The average Bonchev–Trinajstić information content (AvgIpc) is 2.81. The van der Waals surface area contributed by atoms with Crippen LogP contribution in [0.2, 0.25) is 0 Å². The Morgan fingerprint density at radius 1 is 1.56 bits per heavy atom. The molecule has 1 aromatic rings. The second-order valence-electron chi connectivity index (χ2n) is 5.12. The molecule has 1 aliphatic rings. The lowest BCUT2D eigenvalue weighted by molar-refractivity contribution is 0.0786. The summed E-state index contributed by atoms with van der Waals surface area (Å²) >= 11 is 0. The molecule has 0 aromatic heterocycles. The van der Waals surface area contributed by atoms with E-state index in [4.69, 9.17) is 5.73 Å². The first kappa shape index (κ1) is 13.0. The first-order chi connectivity index (χ1) is 8.49. The van der Waals surface area contributed by atoms with Gasteiger partial charge in [-0.05, 0) is 49.9 Å². The number of nitrogens with two attached hydrogens (primary N) is 1. The zero-order valence-corrected chi connectivity index (χ0v) is 10.8. The normalized spacial score (nSPS) is 21.1. The molecular weight excluding hydrogens is 231 g/mol. The lowest BCUT2D eigenvalue weighted by atomic mass is 10.0. The predicted molar refractivity (Wildman–Crippen MR) is 68.8 cm³/mol. The highest BCUT2D eigenvalue weighted by Crippen LogP contribution is 2.21. The molecule has 1 amide bonds. The number of halogens is 1. The van der Waals surface area contributed by atoms with Gasteiger partial charge in [0, 0.05) is 24.7 Å². The Hall–Kier alpha value is -1.42. The number of benzene rings is 1. The highest BCUT2D eigenvalue weighted by molar-refractivity contribution is 5.94. The third-order valence-electron chi connectivity index (χ3n) is 3.66. The molecule has 0 spiro atoms. The van der Waals surface area contributed by atoms with Crippen molar-refractivity contribution in [2.75, 3.05) is 13.1 Å². The molecule has 0 radical (unpaired) electrons. The van der Waals surface area contributed by atoms with Crippen LogP contribution in [0.4, 0.5) is 4.39 Å². The monoisotopic (exact) mass is 250 g/mol. The van der Waals surface area contributed by atoms with Gasteiger partial charge < -0.3 is 10.6 Å². The Balaban J connectivity index is 2.10. The van der Waals surface area contributed by atoms with E-state index < -0.39 is 0 Å². The smallest absolute Gasteiger partial charge is 0.253 e. The van der Waals surface area contributed by atoms with Gasteiger partial charge in [-0.3, -0.25) is 4.79 Å². The standard InChI is InChI=1S/C14H19FN2O/c1-9-7-11(3-4-13(9)15)14(18)17-6-5-12(8-17)10(2)16/h3-4,7,10,12H,5-6,8,16H2,1-2H3. The second kappa shape index (κ2) is 5.06. The molecule has 1 aliphatic heterocycles. The quantitative estimate of drug-likeness (QED) is 0.872. The van der Waals surface area contributed by atoms with E-state index in [2.05, 4.69) is 0 Å². The minimum absolute atomic E-state index is 0.0266. The van der Waals surface area contributed by atoms with Crippen LogP contribution in [0.1, 0.15) is 29.3 Å². The van der Waals surface area contributed by atoms with Gasteiger partial charge in [-0.1, -0.05) is 0 Å². The van der Waals surface area contributed by atoms with Crippen molar-refractivity contribution in [2.45, 2.75) is 26.3 Å². The zero-order chi connectivity index (χ0) is 13.3. The van der Waals surface area contributed by atoms with E-state index in [1.54, 1.807) is 24.0 Å². The fourth-order valence-corrected chi connectivity index (χ4v) is 2.36. The molecule has 1 aromatic carbocycles. The number of carbonyl (C=O) groups excluding carboxylic acids is 1. The molecular formula is C14H19FN2O. The first-order valence-electron chi connectivity index (χ1n) is 6.30. The molecule has 98 valence electrons. The third kappa shape index (κ3) is 2.53. The van der Waals surface area contributed by atoms with Gasteiger partial charge in [-0.2, -0.15) is 0 Å². The van der Waals surface area contributed by atoms with Crippen molar-refractivity contribution in [3.05, 3.63) is 35.1 Å². The van der Waals surface area contributed by atoms with Crippen LogP contribution >= 0.6 is 0 Å². The summed E-state index contributed by atoms with van der Waals surface area (Å²) in [7, 11) is 0. The van der Waals surface area contributed by atoms with Gasteiger partial charge in [0.05, 0.1) is 0 Å². The van der Waals surface area contributed by atoms with Crippen LogP contribution in [0, 0.1) is 18.7 Å². The van der Waals surface area contributed by atoms with E-state index in [0.29, 0.717) is 23.6 Å². The highest BCUT2D eigenvalue weighted by Gasteiger charge is 2.28. The number of nitrogens with zero attached hydrogens (tertiary/aromatic N) is 1. The van der Waals surface area contributed by atoms with E-state index in [1.807, 2.05) is 6.92 Å². The number of rotatable bonds is 2. The van der Waals surface area contributed by atoms with Gasteiger partial charge in [0.2, 0.25) is 0 Å². The van der Waals surface area contributed by atoms with Crippen molar-refractivity contribution in [2.24, 2.45) is 11.7 Å². The number of amides is 1. The fourth-order valence-electron chi connectivity index (χ4n) is 2.36. The summed E-state index contributed by atoms with van der Waals surface area (Å²) in [6, 6.07) is 4.61. The summed E-state index contributed by atoms with van der Waals surface area (Å²) in [6.07, 6.45) is 0.948. The van der Waals surface area contributed by atoms with E-state index in [9.17, 15) is 9.18 Å². The molecule has 1 saturated heterocycles. The predicted octanol–water partition coefficient (Wildman–Crippen LogP) is 1.94. The number of hydrogen-bond donors (Lipinski definition) is 1. The fraction of sp³-hybridized carbons (Fsp3) is 0.500. The molecule has 2 N–H and O–H groups in total. The van der Waals surface area contributed by atoms with E-state index >= 15 is 0 Å². The summed E-state index contributed by atoms with van der Waals surface area (Å²) in [4.78, 5) is 14.0. The van der Waals surface area contributed by atoms with Crippen LogP contribution < -0.4 is 5.73 Å². The van der Waals surface area contributed by atoms with Crippen molar-refractivity contribution in [3.8, 4) is 0 Å². The van der Waals surface area contributed by atoms with Crippen molar-refractivity contribution in [1.29, 1.82) is 0 Å². The van der Waals surface area contributed by atoms with Crippen molar-refractivity contribution >= 4 is 5.91 Å². The Bertz CT molecular complexity index is 459. The van der Waals surface area contributed by atoms with Crippen LogP contribution in [0.5, 0.6) is 0 Å². The number of aryl methyl sites for hydroxylation is 1. The molecule has 0 saturated carbocycles. The molecule has 3 nitrogen and oxygen atoms in total. The van der Waals surface area contributed by atoms with E-state index in [-0.39, 0.29) is 17.8 Å². The summed E-state index contributed by atoms with van der Waals surface area (Å²) < 4.78 is 13.2. The van der Waals surface area contributed by atoms with Gasteiger partial charge in [0.1, 0.15) is 5.82 Å². The molecule has 0 bridgehead atoms. The SMILES string of the molecule is Cc1cc(C(=O)N2CCC(C(C)N)C2)ccc1F. The largest absolute Gasteiger partial charge is 0.338 e. The van der Waals surface area contributed by atoms with E-state index in [0.717, 1.165) is 13.0 Å². The molecule has 0 aliphatic carbocycles. The molecule has 1 fully saturated rings. The van der Waals surface area contributed by atoms with Crippen LogP contribution in [0.15, 0.2) is 18.2 Å². The summed E-state index contributed by atoms with van der Waals surface area (Å²) in [6.45, 7) is 5.08. The van der Waals surface area contributed by atoms with Crippen molar-refractivity contribution in [3.63, 3.8) is 0 Å². The topological polar surface area (TPSA) is 46.3 Å². The van der Waals surface area contributed by atoms with Crippen LogP contribution in [-0.2, 0) is 0 Å². The Morgan fingerprint density at radius 3 is 2.83 bits per heavy atom. The number of likely N-dealkylation sites (tertiary alicyclic amines) is 1. The van der Waals surface area contributed by atoms with Gasteiger partial charge in [0.15, 0.2) is 0 Å². The first-order valence-corrected chi connectivity index (χ1v) is 6.30. The molecule has 1 heterocycles. The zero-order valence-electron chi connectivity index (χ0n) is 10.8. The van der Waals surface area contributed by atoms with Crippen molar-refractivity contribution in [1.82, 2.24) is 4.90 Å². The molecule has 2 atom stereocenters. The van der Waals surface area contributed by atoms with Gasteiger partial charge >= 0.3 is 0 Å². The second-order valence-corrected chi connectivity index (χ2v) is 5.12. The van der Waals surface area contributed by atoms with Crippen molar-refractivity contribution < 1.29 is 9.18 Å². The Kier molecular flexibility index (Phi) is 3.66. The van der Waals surface area contributed by atoms with Gasteiger partial charge in [-0.15, -0.1) is 0 Å². The highest BCUT2D eigenvalue weighted by atomic mass is 19.1. The minimum Gasteiger partial charge on any atom is -0.338 e. The average molecular weight is 250 g/mol. The molecule has 18 heavy (non-hydrogen) atoms. The maximum Gasteiger partial charge on any atom is 0.253 e. The number of hydrogen-bond acceptors (Lipinski definition) is 2. The summed E-state index contributed by atoms with van der Waals surface area (Å²) in [5.74, 6) is 0.0678. The van der Waals surface area contributed by atoms with Gasteiger partial charge in [-0.25, -0.2) is 4.39 Å². The molecule has 2 rings (SSSR count).